The van der Waals surface area contributed by atoms with Gasteiger partial charge in [0.05, 0.1) is 5.56 Å². The number of pyridine rings is 1. The van der Waals surface area contributed by atoms with Gasteiger partial charge in [-0.3, -0.25) is 4.79 Å². The first kappa shape index (κ1) is 27.6. The fourth-order valence-electron chi connectivity index (χ4n) is 5.49. The minimum Gasteiger partial charge on any atom is -0.369 e. The van der Waals surface area contributed by atoms with E-state index < -0.39 is 17.6 Å². The van der Waals surface area contributed by atoms with E-state index in [1.807, 2.05) is 37.3 Å². The van der Waals surface area contributed by atoms with Gasteiger partial charge in [0.25, 0.3) is 5.91 Å². The average Bonchev–Trinajstić information content (AvgIpc) is 3.25. The lowest BCUT2D eigenvalue weighted by atomic mass is 10.0. The van der Waals surface area contributed by atoms with Gasteiger partial charge in [-0.1, -0.05) is 24.3 Å². The molecular weight excluding hydrogens is 545 g/mol. The summed E-state index contributed by atoms with van der Waals surface area (Å²) in [5, 5.41) is 14.6. The van der Waals surface area contributed by atoms with E-state index >= 15 is 0 Å². The van der Waals surface area contributed by atoms with Crippen molar-refractivity contribution in [3.63, 3.8) is 0 Å². The Hall–Kier alpha value is -4.58. The Labute approximate surface area is 240 Å². The number of anilines is 4. The van der Waals surface area contributed by atoms with Crippen LogP contribution in [-0.2, 0) is 19.1 Å². The summed E-state index contributed by atoms with van der Waals surface area (Å²) < 4.78 is 41.0. The van der Waals surface area contributed by atoms with E-state index in [0.717, 1.165) is 67.7 Å². The molecule has 1 unspecified atom stereocenters. The van der Waals surface area contributed by atoms with Gasteiger partial charge in [0, 0.05) is 61.9 Å². The number of amides is 1. The number of benzene rings is 2. The van der Waals surface area contributed by atoms with Crippen LogP contribution in [0.2, 0.25) is 0 Å². The molecule has 5 N–H and O–H groups in total. The fourth-order valence-corrected chi connectivity index (χ4v) is 5.49. The van der Waals surface area contributed by atoms with E-state index in [0.29, 0.717) is 29.2 Å². The second-order valence-electron chi connectivity index (χ2n) is 10.5. The van der Waals surface area contributed by atoms with Gasteiger partial charge in [-0.25, -0.2) is 9.67 Å². The Morgan fingerprint density at radius 2 is 1.81 bits per heavy atom. The SMILES string of the molecule is CC(Nc1cc(C(F)(F)F)ccn1)c1ccc(-c2nn3c(c2C(N)=O)Nc2ccc(N4CCNCC4)cc2CC3)cc1. The number of primary amides is 1. The van der Waals surface area contributed by atoms with Crippen LogP contribution in [0.4, 0.5) is 36.2 Å². The summed E-state index contributed by atoms with van der Waals surface area (Å²) in [6, 6.07) is 15.3. The van der Waals surface area contributed by atoms with Crippen LogP contribution in [-0.4, -0.2) is 46.9 Å². The molecule has 0 bridgehead atoms. The average molecular weight is 577 g/mol. The minimum absolute atomic E-state index is 0.127. The number of fused-ring (bicyclic) bond motifs is 2. The van der Waals surface area contributed by atoms with Crippen LogP contribution in [0.25, 0.3) is 11.3 Å². The number of alkyl halides is 3. The standard InChI is InChI=1S/C30H31F3N8O/c1-18(37-25-17-22(8-10-36-25)30(31,32)33)19-2-4-20(5-3-19)27-26(28(34)42)29-38-24-7-6-23(40-14-11-35-12-15-40)16-21(24)9-13-41(29)39-27/h2-8,10,16-18,35,38H,9,11-15H2,1H3,(H2,34,42)(H,36,37). The van der Waals surface area contributed by atoms with Gasteiger partial charge < -0.3 is 26.6 Å². The van der Waals surface area contributed by atoms with Crippen LogP contribution in [0.15, 0.2) is 60.8 Å². The molecule has 42 heavy (non-hydrogen) atoms. The van der Waals surface area contributed by atoms with E-state index in [-0.39, 0.29) is 11.9 Å². The van der Waals surface area contributed by atoms with Crippen molar-refractivity contribution in [1.82, 2.24) is 20.1 Å². The molecule has 2 aromatic carbocycles. The number of carbonyl (C=O) groups is 1. The molecule has 0 saturated carbocycles. The molecule has 218 valence electrons. The number of halogens is 3. The lowest BCUT2D eigenvalue weighted by Crippen LogP contribution is -2.43. The predicted molar refractivity (Wildman–Crippen MR) is 156 cm³/mol. The summed E-state index contributed by atoms with van der Waals surface area (Å²) in [4.78, 5) is 19.1. The van der Waals surface area contributed by atoms with E-state index in [4.69, 9.17) is 10.8 Å². The van der Waals surface area contributed by atoms with Crippen LogP contribution >= 0.6 is 0 Å². The Kier molecular flexibility index (Phi) is 7.23. The van der Waals surface area contributed by atoms with E-state index in [9.17, 15) is 18.0 Å². The molecule has 1 amide bonds. The summed E-state index contributed by atoms with van der Waals surface area (Å²) in [7, 11) is 0. The van der Waals surface area contributed by atoms with Crippen molar-refractivity contribution in [2.45, 2.75) is 32.1 Å². The third kappa shape index (κ3) is 5.49. The number of hydrogen-bond donors (Lipinski definition) is 4. The van der Waals surface area contributed by atoms with Gasteiger partial charge >= 0.3 is 6.18 Å². The normalized spacial score (nSPS) is 15.7. The maximum absolute atomic E-state index is 13.1. The molecule has 4 heterocycles. The number of hydrogen-bond acceptors (Lipinski definition) is 7. The first-order chi connectivity index (χ1) is 20.2. The molecule has 1 atom stereocenters. The molecule has 1 fully saturated rings. The highest BCUT2D eigenvalue weighted by Crippen LogP contribution is 2.36. The highest BCUT2D eigenvalue weighted by atomic mass is 19.4. The first-order valence-corrected chi connectivity index (χ1v) is 13.8. The number of aromatic nitrogens is 3. The number of nitrogens with two attached hydrogens (primary N) is 1. The monoisotopic (exact) mass is 576 g/mol. The highest BCUT2D eigenvalue weighted by molar-refractivity contribution is 6.04. The van der Waals surface area contributed by atoms with Gasteiger partial charge in [0.1, 0.15) is 22.9 Å². The zero-order valence-electron chi connectivity index (χ0n) is 23.0. The first-order valence-electron chi connectivity index (χ1n) is 13.8. The molecular formula is C30H31F3N8O. The molecule has 12 heteroatoms. The van der Waals surface area contributed by atoms with Crippen molar-refractivity contribution in [3.8, 4) is 11.3 Å². The van der Waals surface area contributed by atoms with E-state index in [1.165, 1.54) is 5.69 Å². The number of rotatable bonds is 6. The van der Waals surface area contributed by atoms with Crippen molar-refractivity contribution in [2.75, 3.05) is 41.7 Å². The molecule has 6 rings (SSSR count). The Morgan fingerprint density at radius 3 is 2.52 bits per heavy atom. The lowest BCUT2D eigenvalue weighted by Gasteiger charge is -2.30. The van der Waals surface area contributed by atoms with Crippen molar-refractivity contribution in [1.29, 1.82) is 0 Å². The molecule has 0 aliphatic carbocycles. The Bertz CT molecular complexity index is 1610. The predicted octanol–water partition coefficient (Wildman–Crippen LogP) is 4.95. The zero-order valence-corrected chi connectivity index (χ0v) is 23.0. The van der Waals surface area contributed by atoms with E-state index in [2.05, 4.69) is 38.0 Å². The summed E-state index contributed by atoms with van der Waals surface area (Å²) in [6.07, 6.45) is -2.58. The van der Waals surface area contributed by atoms with Gasteiger partial charge in [-0.05, 0) is 54.8 Å². The number of piperazine rings is 1. The molecule has 0 spiro atoms. The molecule has 2 aliphatic heterocycles. The number of nitrogens with zero attached hydrogens (tertiary/aromatic N) is 4. The summed E-state index contributed by atoms with van der Waals surface area (Å²) in [6.45, 7) is 6.23. The van der Waals surface area contributed by atoms with Gasteiger partial charge in [0.2, 0.25) is 0 Å². The topological polar surface area (TPSA) is 113 Å². The third-order valence-corrected chi connectivity index (χ3v) is 7.75. The van der Waals surface area contributed by atoms with Gasteiger partial charge in [0.15, 0.2) is 0 Å². The van der Waals surface area contributed by atoms with E-state index in [1.54, 1.807) is 4.68 Å². The van der Waals surface area contributed by atoms with Crippen molar-refractivity contribution < 1.29 is 18.0 Å². The van der Waals surface area contributed by atoms with Crippen LogP contribution in [0.5, 0.6) is 0 Å². The minimum atomic E-state index is -4.45. The van der Waals surface area contributed by atoms with Gasteiger partial charge in [-0.15, -0.1) is 0 Å². The second-order valence-corrected chi connectivity index (χ2v) is 10.5. The smallest absolute Gasteiger partial charge is 0.369 e. The molecule has 4 aromatic rings. The van der Waals surface area contributed by atoms with Crippen LogP contribution in [0.1, 0.15) is 40.0 Å². The zero-order chi connectivity index (χ0) is 29.4. The van der Waals surface area contributed by atoms with Crippen LogP contribution < -0.4 is 26.6 Å². The number of nitrogens with one attached hydrogen (secondary N) is 3. The molecule has 9 nitrogen and oxygen atoms in total. The lowest BCUT2D eigenvalue weighted by molar-refractivity contribution is -0.137. The molecule has 1 saturated heterocycles. The summed E-state index contributed by atoms with van der Waals surface area (Å²) >= 11 is 0. The van der Waals surface area contributed by atoms with Crippen LogP contribution in [0.3, 0.4) is 0 Å². The maximum Gasteiger partial charge on any atom is 0.416 e. The Morgan fingerprint density at radius 1 is 1.05 bits per heavy atom. The summed E-state index contributed by atoms with van der Waals surface area (Å²) in [5.41, 5.74) is 10.7. The second kappa shape index (κ2) is 11.0. The Balaban J connectivity index is 1.23. The summed E-state index contributed by atoms with van der Waals surface area (Å²) in [5.74, 6) is 0.0944. The van der Waals surface area contributed by atoms with Crippen molar-refractivity contribution in [2.24, 2.45) is 5.73 Å². The molecule has 2 aliphatic rings. The number of aryl methyl sites for hydroxylation is 2. The fraction of sp³-hybridized carbons (Fsp3) is 0.300. The van der Waals surface area contributed by atoms with Crippen molar-refractivity contribution in [3.05, 3.63) is 83.0 Å². The van der Waals surface area contributed by atoms with Crippen molar-refractivity contribution >= 4 is 28.9 Å². The molecule has 0 radical (unpaired) electrons. The highest BCUT2D eigenvalue weighted by Gasteiger charge is 2.31. The van der Waals surface area contributed by atoms with Gasteiger partial charge in [-0.2, -0.15) is 18.3 Å². The maximum atomic E-state index is 13.1. The third-order valence-electron chi connectivity index (χ3n) is 7.75. The quantitative estimate of drug-likeness (QED) is 0.257. The number of carbonyl (C=O) groups excluding carboxylic acids is 1. The van der Waals surface area contributed by atoms with Crippen LogP contribution in [0, 0.1) is 0 Å². The molecule has 2 aromatic heterocycles. The largest absolute Gasteiger partial charge is 0.416 e.